The molecule has 3 aromatic rings. The fraction of sp³-hybridized carbons (Fsp3) is 0.406. The minimum atomic E-state index is -1.00. The monoisotopic (exact) mass is 590 g/mol. The smallest absolute Gasteiger partial charge is 0.341 e. The zero-order chi connectivity index (χ0) is 29.1. The standard InChI is InChI=1S/C32H34N2O5S2/c1-32(2,3)19-13-16-22-23(17-19)41-30(24(22)31(37)38-4)33-28(35)25-26(18-11-14-21(40-5)15-12-18)34(39-27(25)29(33)36)20-9-7-6-8-10-20/h6-12,14-15,19,25-27H,13,16-17H2,1-5H3. The highest BCUT2D eigenvalue weighted by Crippen LogP contribution is 2.51. The molecule has 2 aromatic carbocycles. The average Bonchev–Trinajstić information content (AvgIpc) is 3.62. The molecule has 41 heavy (non-hydrogen) atoms. The van der Waals surface area contributed by atoms with Crippen molar-refractivity contribution in [3.8, 4) is 0 Å². The molecule has 0 spiro atoms. The molecule has 4 atom stereocenters. The molecule has 2 saturated heterocycles. The van der Waals surface area contributed by atoms with Crippen LogP contribution in [0.4, 0.5) is 10.7 Å². The first kappa shape index (κ1) is 28.0. The van der Waals surface area contributed by atoms with E-state index in [1.165, 1.54) is 23.3 Å². The van der Waals surface area contributed by atoms with Crippen molar-refractivity contribution in [2.75, 3.05) is 23.3 Å². The molecule has 0 radical (unpaired) electrons. The van der Waals surface area contributed by atoms with Crippen molar-refractivity contribution in [3.05, 3.63) is 76.2 Å². The Morgan fingerprint density at radius 1 is 1.05 bits per heavy atom. The van der Waals surface area contributed by atoms with Gasteiger partial charge < -0.3 is 4.74 Å². The first-order valence-corrected chi connectivity index (χ1v) is 15.9. The summed E-state index contributed by atoms with van der Waals surface area (Å²) >= 11 is 3.02. The summed E-state index contributed by atoms with van der Waals surface area (Å²) < 4.78 is 5.18. The number of methoxy groups -OCH3 is 1. The first-order chi connectivity index (χ1) is 19.6. The molecule has 4 unspecified atom stereocenters. The van der Waals surface area contributed by atoms with Gasteiger partial charge in [-0.15, -0.1) is 23.1 Å². The first-order valence-electron chi connectivity index (χ1n) is 13.9. The Balaban J connectivity index is 1.42. The van der Waals surface area contributed by atoms with Gasteiger partial charge in [-0.2, -0.15) is 0 Å². The molecule has 2 amide bonds. The Bertz CT molecular complexity index is 1490. The van der Waals surface area contributed by atoms with Crippen LogP contribution >= 0.6 is 23.1 Å². The Kier molecular flexibility index (Phi) is 7.24. The minimum Gasteiger partial charge on any atom is -0.465 e. The number of imide groups is 1. The van der Waals surface area contributed by atoms with Crippen molar-refractivity contribution >= 4 is 51.6 Å². The van der Waals surface area contributed by atoms with Crippen LogP contribution in [0, 0.1) is 17.3 Å². The van der Waals surface area contributed by atoms with Crippen LogP contribution in [0.15, 0.2) is 59.5 Å². The summed E-state index contributed by atoms with van der Waals surface area (Å²) in [5.41, 5.74) is 3.02. The van der Waals surface area contributed by atoms with E-state index in [1.807, 2.05) is 60.9 Å². The fourth-order valence-corrected chi connectivity index (χ4v) is 8.17. The second-order valence-electron chi connectivity index (χ2n) is 11.9. The number of benzene rings is 2. The number of hydrogen-bond donors (Lipinski definition) is 0. The van der Waals surface area contributed by atoms with E-state index in [9.17, 15) is 14.4 Å². The summed E-state index contributed by atoms with van der Waals surface area (Å²) in [6.07, 6.45) is 3.47. The van der Waals surface area contributed by atoms with Crippen molar-refractivity contribution in [2.45, 2.75) is 57.1 Å². The van der Waals surface area contributed by atoms with Crippen LogP contribution < -0.4 is 9.96 Å². The van der Waals surface area contributed by atoms with Gasteiger partial charge in [-0.05, 0) is 72.2 Å². The predicted molar refractivity (Wildman–Crippen MR) is 161 cm³/mol. The van der Waals surface area contributed by atoms with Crippen molar-refractivity contribution in [3.63, 3.8) is 0 Å². The number of para-hydroxylation sites is 1. The van der Waals surface area contributed by atoms with E-state index >= 15 is 0 Å². The number of amides is 2. The molecular weight excluding hydrogens is 556 g/mol. The van der Waals surface area contributed by atoms with Gasteiger partial charge in [-0.25, -0.2) is 14.8 Å². The van der Waals surface area contributed by atoms with E-state index in [4.69, 9.17) is 9.57 Å². The fourth-order valence-electron chi connectivity index (χ4n) is 6.33. The van der Waals surface area contributed by atoms with Crippen molar-refractivity contribution < 1.29 is 24.0 Å². The number of ether oxygens (including phenoxy) is 1. The van der Waals surface area contributed by atoms with Crippen LogP contribution in [0.3, 0.4) is 0 Å². The number of carbonyl (C=O) groups is 3. The quantitative estimate of drug-likeness (QED) is 0.192. The largest absolute Gasteiger partial charge is 0.465 e. The highest BCUT2D eigenvalue weighted by molar-refractivity contribution is 7.98. The number of hydrogen-bond acceptors (Lipinski definition) is 8. The third-order valence-electron chi connectivity index (χ3n) is 8.65. The summed E-state index contributed by atoms with van der Waals surface area (Å²) in [5.74, 6) is -1.64. The van der Waals surface area contributed by atoms with E-state index in [0.717, 1.165) is 39.4 Å². The van der Waals surface area contributed by atoms with Gasteiger partial charge in [0.05, 0.1) is 24.4 Å². The summed E-state index contributed by atoms with van der Waals surface area (Å²) in [6.45, 7) is 6.69. The molecule has 2 fully saturated rings. The van der Waals surface area contributed by atoms with E-state index < -0.39 is 29.9 Å². The van der Waals surface area contributed by atoms with Gasteiger partial charge in [0, 0.05) is 9.77 Å². The highest BCUT2D eigenvalue weighted by atomic mass is 32.2. The van der Waals surface area contributed by atoms with Gasteiger partial charge in [-0.1, -0.05) is 51.1 Å². The minimum absolute atomic E-state index is 0.109. The molecule has 3 aliphatic rings. The molecule has 0 N–H and O–H groups in total. The van der Waals surface area contributed by atoms with Crippen LogP contribution in [-0.2, 0) is 32.0 Å². The summed E-state index contributed by atoms with van der Waals surface area (Å²) in [5, 5.41) is 2.07. The summed E-state index contributed by atoms with van der Waals surface area (Å²) in [6, 6.07) is 17.0. The maximum Gasteiger partial charge on any atom is 0.341 e. The van der Waals surface area contributed by atoms with Crippen LogP contribution in [0.1, 0.15) is 59.6 Å². The van der Waals surface area contributed by atoms with Crippen LogP contribution in [0.5, 0.6) is 0 Å². The number of thiophene rings is 1. The zero-order valence-electron chi connectivity index (χ0n) is 23.9. The third-order valence-corrected chi connectivity index (χ3v) is 10.6. The van der Waals surface area contributed by atoms with Crippen LogP contribution in [0.2, 0.25) is 0 Å². The van der Waals surface area contributed by atoms with Gasteiger partial charge in [0.25, 0.3) is 5.91 Å². The van der Waals surface area contributed by atoms with Crippen LogP contribution in [0.25, 0.3) is 0 Å². The normalized spacial score (nSPS) is 24.0. The predicted octanol–water partition coefficient (Wildman–Crippen LogP) is 6.46. The highest BCUT2D eigenvalue weighted by Gasteiger charge is 2.61. The van der Waals surface area contributed by atoms with Crippen molar-refractivity contribution in [2.24, 2.45) is 17.3 Å². The topological polar surface area (TPSA) is 76.2 Å². The van der Waals surface area contributed by atoms with Gasteiger partial charge in [0.15, 0.2) is 6.10 Å². The van der Waals surface area contributed by atoms with E-state index in [2.05, 4.69) is 20.8 Å². The molecule has 9 heteroatoms. The Morgan fingerprint density at radius 2 is 1.76 bits per heavy atom. The lowest BCUT2D eigenvalue weighted by Crippen LogP contribution is -2.37. The Hall–Kier alpha value is -3.14. The van der Waals surface area contributed by atoms with Gasteiger partial charge in [0.1, 0.15) is 10.9 Å². The average molecular weight is 591 g/mol. The van der Waals surface area contributed by atoms with E-state index in [-0.39, 0.29) is 11.3 Å². The summed E-state index contributed by atoms with van der Waals surface area (Å²) in [4.78, 5) is 51.2. The number of esters is 1. The third kappa shape index (κ3) is 4.68. The maximum absolute atomic E-state index is 14.3. The number of anilines is 2. The number of nitrogens with zero attached hydrogens (tertiary/aromatic N) is 2. The molecule has 7 nitrogen and oxygen atoms in total. The van der Waals surface area contributed by atoms with E-state index in [1.54, 1.807) is 16.8 Å². The molecule has 2 aliphatic heterocycles. The number of thioether (sulfide) groups is 1. The van der Waals surface area contributed by atoms with Gasteiger partial charge in [-0.3, -0.25) is 14.4 Å². The lowest BCUT2D eigenvalue weighted by molar-refractivity contribution is -0.126. The molecule has 0 saturated carbocycles. The zero-order valence-corrected chi connectivity index (χ0v) is 25.5. The molecule has 3 heterocycles. The van der Waals surface area contributed by atoms with Gasteiger partial charge in [0.2, 0.25) is 5.91 Å². The van der Waals surface area contributed by atoms with Gasteiger partial charge >= 0.3 is 5.97 Å². The lowest BCUT2D eigenvalue weighted by Gasteiger charge is -2.33. The molecule has 1 aromatic heterocycles. The Morgan fingerprint density at radius 3 is 2.39 bits per heavy atom. The number of rotatable bonds is 5. The second kappa shape index (κ2) is 10.6. The lowest BCUT2D eigenvalue weighted by atomic mass is 9.72. The maximum atomic E-state index is 14.3. The number of carbonyl (C=O) groups excluding carboxylic acids is 3. The van der Waals surface area contributed by atoms with Crippen molar-refractivity contribution in [1.82, 2.24) is 0 Å². The Labute approximate surface area is 248 Å². The number of fused-ring (bicyclic) bond motifs is 2. The van der Waals surface area contributed by atoms with Crippen molar-refractivity contribution in [1.29, 1.82) is 0 Å². The van der Waals surface area contributed by atoms with E-state index in [0.29, 0.717) is 22.9 Å². The molecule has 214 valence electrons. The second-order valence-corrected chi connectivity index (χ2v) is 13.9. The molecule has 6 rings (SSSR count). The summed E-state index contributed by atoms with van der Waals surface area (Å²) in [7, 11) is 1.34. The molecule has 1 aliphatic carbocycles. The molecule has 0 bridgehead atoms. The number of hydroxylamine groups is 1. The SMILES string of the molecule is COC(=O)c1c(N2C(=O)C3ON(c4ccccc4)C(c4ccc(SC)cc4)C3C2=O)sc2c1CCC(C(C)(C)C)C2. The van der Waals surface area contributed by atoms with Crippen LogP contribution in [-0.4, -0.2) is 37.3 Å². The molecular formula is C32H34N2O5S2.